The summed E-state index contributed by atoms with van der Waals surface area (Å²) in [5.74, 6) is 0.0193. The minimum Gasteiger partial charge on any atom is -0.373 e. The molecule has 1 N–H and O–H groups in total. The van der Waals surface area contributed by atoms with E-state index in [9.17, 15) is 4.79 Å². The van der Waals surface area contributed by atoms with Crippen molar-refractivity contribution in [2.45, 2.75) is 63.4 Å². The zero-order valence-corrected chi connectivity index (χ0v) is 11.5. The fourth-order valence-corrected chi connectivity index (χ4v) is 3.30. The molecule has 4 atom stereocenters. The molecule has 0 spiro atoms. The molecule has 0 aromatic heterocycles. The second-order valence-corrected chi connectivity index (χ2v) is 5.87. The molecule has 4 heteroatoms. The lowest BCUT2D eigenvalue weighted by atomic mass is 9.76. The van der Waals surface area contributed by atoms with Crippen LogP contribution < -0.4 is 5.32 Å². The molecule has 0 unspecified atom stereocenters. The molecule has 0 aliphatic carbocycles. The molecule has 2 bridgehead atoms. The van der Waals surface area contributed by atoms with Crippen LogP contribution in [-0.4, -0.2) is 35.9 Å². The van der Waals surface area contributed by atoms with Gasteiger partial charge in [0.25, 0.3) is 0 Å². The Morgan fingerprint density at radius 2 is 2.28 bits per heavy atom. The lowest BCUT2D eigenvalue weighted by Gasteiger charge is -2.56. The first-order chi connectivity index (χ1) is 8.39. The van der Waals surface area contributed by atoms with Gasteiger partial charge in [-0.05, 0) is 33.1 Å². The molecule has 102 valence electrons. The van der Waals surface area contributed by atoms with Crippen molar-refractivity contribution >= 4 is 5.91 Å². The predicted octanol–water partition coefficient (Wildman–Crippen LogP) is 1.79. The van der Waals surface area contributed by atoms with Gasteiger partial charge in [-0.2, -0.15) is 0 Å². The first kappa shape index (κ1) is 13.6. The monoisotopic (exact) mass is 253 g/mol. The van der Waals surface area contributed by atoms with E-state index in [0.29, 0.717) is 6.61 Å². The average Bonchev–Trinajstić information content (AvgIpc) is 2.23. The van der Waals surface area contributed by atoms with Crippen LogP contribution in [0.5, 0.6) is 0 Å². The number of nitrogens with one attached hydrogen (secondary N) is 1. The Labute approximate surface area is 109 Å². The van der Waals surface area contributed by atoms with Crippen molar-refractivity contribution in [1.82, 2.24) is 5.32 Å². The van der Waals surface area contributed by atoms with E-state index in [4.69, 9.17) is 9.47 Å². The van der Waals surface area contributed by atoms with Crippen LogP contribution in [0, 0.1) is 0 Å². The van der Waals surface area contributed by atoms with Crippen LogP contribution in [0.15, 0.2) is 12.7 Å². The Bertz CT molecular complexity index is 357. The van der Waals surface area contributed by atoms with Gasteiger partial charge < -0.3 is 14.8 Å². The maximum Gasteiger partial charge on any atom is 0.217 e. The lowest BCUT2D eigenvalue weighted by molar-refractivity contribution is -0.297. The first-order valence-corrected chi connectivity index (χ1v) is 6.59. The third kappa shape index (κ3) is 2.45. The quantitative estimate of drug-likeness (QED) is 0.780. The summed E-state index contributed by atoms with van der Waals surface area (Å²) < 4.78 is 12.2. The van der Waals surface area contributed by atoms with Crippen molar-refractivity contribution in [1.29, 1.82) is 0 Å². The Hall–Kier alpha value is -0.870. The molecular weight excluding hydrogens is 230 g/mol. The van der Waals surface area contributed by atoms with Crippen LogP contribution >= 0.6 is 0 Å². The van der Waals surface area contributed by atoms with Gasteiger partial charge in [0, 0.05) is 13.0 Å². The molecule has 0 radical (unpaired) electrons. The van der Waals surface area contributed by atoms with Gasteiger partial charge in [-0.1, -0.05) is 6.08 Å². The van der Waals surface area contributed by atoms with E-state index in [2.05, 4.69) is 18.8 Å². The van der Waals surface area contributed by atoms with Crippen LogP contribution in [0.25, 0.3) is 0 Å². The molecule has 2 heterocycles. The molecule has 2 rings (SSSR count). The molecule has 1 amide bonds. The summed E-state index contributed by atoms with van der Waals surface area (Å²) in [7, 11) is 0. The van der Waals surface area contributed by atoms with Crippen LogP contribution in [0.4, 0.5) is 0 Å². The summed E-state index contributed by atoms with van der Waals surface area (Å²) >= 11 is 0. The fraction of sp³-hybridized carbons (Fsp3) is 0.786. The second kappa shape index (κ2) is 4.67. The minimum atomic E-state index is -0.347. The van der Waals surface area contributed by atoms with E-state index in [0.717, 1.165) is 19.3 Å². The molecule has 4 nitrogen and oxygen atoms in total. The van der Waals surface area contributed by atoms with Crippen LogP contribution in [0.2, 0.25) is 0 Å². The van der Waals surface area contributed by atoms with Gasteiger partial charge in [0.15, 0.2) is 0 Å². The van der Waals surface area contributed by atoms with Crippen molar-refractivity contribution < 1.29 is 14.3 Å². The van der Waals surface area contributed by atoms with E-state index in [1.807, 2.05) is 13.0 Å². The molecule has 0 aromatic carbocycles. The van der Waals surface area contributed by atoms with Gasteiger partial charge in [-0.25, -0.2) is 0 Å². The number of amides is 1. The second-order valence-electron chi connectivity index (χ2n) is 5.87. The maximum absolute atomic E-state index is 11.3. The summed E-state index contributed by atoms with van der Waals surface area (Å²) in [4.78, 5) is 11.3. The van der Waals surface area contributed by atoms with Gasteiger partial charge >= 0.3 is 0 Å². The van der Waals surface area contributed by atoms with E-state index in [1.54, 1.807) is 6.92 Å². The van der Waals surface area contributed by atoms with E-state index in [-0.39, 0.29) is 29.3 Å². The largest absolute Gasteiger partial charge is 0.373 e. The Morgan fingerprint density at radius 3 is 2.89 bits per heavy atom. The van der Waals surface area contributed by atoms with Gasteiger partial charge in [-0.15, -0.1) is 6.58 Å². The highest BCUT2D eigenvalue weighted by molar-refractivity contribution is 5.73. The number of hydrogen-bond donors (Lipinski definition) is 1. The minimum absolute atomic E-state index is 0.0193. The lowest BCUT2D eigenvalue weighted by Crippen LogP contribution is -2.65. The number of hydrogen-bond acceptors (Lipinski definition) is 3. The molecular formula is C14H23NO3. The molecule has 2 saturated heterocycles. The highest BCUT2D eigenvalue weighted by Gasteiger charge is 2.53. The van der Waals surface area contributed by atoms with Crippen molar-refractivity contribution in [3.05, 3.63) is 12.7 Å². The summed E-state index contributed by atoms with van der Waals surface area (Å²) in [5.41, 5.74) is -0.652. The normalized spacial score (nSPS) is 43.3. The highest BCUT2D eigenvalue weighted by Crippen LogP contribution is 2.44. The number of ether oxygens (including phenoxy) is 2. The topological polar surface area (TPSA) is 47.6 Å². The number of carbonyl (C=O) groups excluding carboxylic acids is 1. The van der Waals surface area contributed by atoms with E-state index < -0.39 is 0 Å². The van der Waals surface area contributed by atoms with Crippen molar-refractivity contribution in [2.24, 2.45) is 0 Å². The van der Waals surface area contributed by atoms with Crippen LogP contribution in [0.1, 0.15) is 40.0 Å². The molecule has 2 aliphatic rings. The van der Waals surface area contributed by atoms with Crippen molar-refractivity contribution in [2.75, 3.05) is 6.61 Å². The van der Waals surface area contributed by atoms with Crippen molar-refractivity contribution in [3.8, 4) is 0 Å². The molecule has 2 fully saturated rings. The van der Waals surface area contributed by atoms with Crippen molar-refractivity contribution in [3.63, 3.8) is 0 Å². The number of carbonyl (C=O) groups is 1. The zero-order valence-electron chi connectivity index (χ0n) is 11.5. The summed E-state index contributed by atoms with van der Waals surface area (Å²) in [6.07, 6.45) is 4.25. The molecule has 0 saturated carbocycles. The number of rotatable bonds is 3. The summed E-state index contributed by atoms with van der Waals surface area (Å²) in [6, 6.07) is 0.160. The van der Waals surface area contributed by atoms with E-state index in [1.165, 1.54) is 0 Å². The maximum atomic E-state index is 11.3. The Kier molecular flexibility index (Phi) is 3.52. The third-order valence-electron chi connectivity index (χ3n) is 4.00. The van der Waals surface area contributed by atoms with Gasteiger partial charge in [-0.3, -0.25) is 4.79 Å². The van der Waals surface area contributed by atoms with Gasteiger partial charge in [0.2, 0.25) is 5.91 Å². The average molecular weight is 253 g/mol. The molecule has 2 aliphatic heterocycles. The van der Waals surface area contributed by atoms with Gasteiger partial charge in [0.05, 0.1) is 18.3 Å². The molecule has 0 aromatic rings. The fourth-order valence-electron chi connectivity index (χ4n) is 3.30. The Morgan fingerprint density at radius 1 is 1.56 bits per heavy atom. The zero-order chi connectivity index (χ0) is 13.4. The Balaban J connectivity index is 2.23. The molecule has 18 heavy (non-hydrogen) atoms. The van der Waals surface area contributed by atoms with Gasteiger partial charge in [0.1, 0.15) is 5.60 Å². The predicted molar refractivity (Wildman–Crippen MR) is 69.3 cm³/mol. The third-order valence-corrected chi connectivity index (χ3v) is 4.00. The summed E-state index contributed by atoms with van der Waals surface area (Å²) in [5, 5.41) is 3.03. The van der Waals surface area contributed by atoms with Crippen LogP contribution in [0.3, 0.4) is 0 Å². The summed E-state index contributed by atoms with van der Waals surface area (Å²) in [6.45, 7) is 10.1. The van der Waals surface area contributed by atoms with E-state index >= 15 is 0 Å². The van der Waals surface area contributed by atoms with Crippen LogP contribution in [-0.2, 0) is 14.3 Å². The standard InChI is InChI=1S/C14H23NO3/c1-5-6-14-8-12(15-11(3)16)7-13(4,18-14)9-17-10(14)2/h5,10,12H,1,6-9H2,2-4H3,(H,15,16)/t10-,12+,13-,14+/m1/s1. The first-order valence-electron chi connectivity index (χ1n) is 6.59. The highest BCUT2D eigenvalue weighted by atomic mass is 16.6. The number of fused-ring (bicyclic) bond motifs is 2. The SMILES string of the molecule is C=CC[C@]12C[C@@H](NC(C)=O)C[C@](C)(CO[C@@H]1C)O2. The smallest absolute Gasteiger partial charge is 0.217 e.